The maximum atomic E-state index is 12.8. The van der Waals surface area contributed by atoms with Gasteiger partial charge in [0.15, 0.2) is 0 Å². The first-order valence-electron chi connectivity index (χ1n) is 10.9. The number of carbonyl (C=O) groups is 2. The number of aryl methyl sites for hydroxylation is 2. The van der Waals surface area contributed by atoms with Gasteiger partial charge in [0.2, 0.25) is 5.96 Å². The number of carbonyl (C=O) groups excluding carboxylic acids is 2. The van der Waals surface area contributed by atoms with Gasteiger partial charge < -0.3 is 20.5 Å². The SMILES string of the molecule is COc1cc(C)c(S(=O)(=O)NC(N)=NCCC[C@H](NC(=O)OC(C)(C)C)C(=O)N(C)OC)cc1C. The Balaban J connectivity index is 2.83. The number of hydrogen-bond donors (Lipinski definition) is 3. The summed E-state index contributed by atoms with van der Waals surface area (Å²) in [4.78, 5) is 33.7. The Bertz CT molecular complexity index is 1040. The molecule has 0 saturated heterocycles. The van der Waals surface area contributed by atoms with Crippen LogP contribution in [-0.4, -0.2) is 70.9 Å². The largest absolute Gasteiger partial charge is 0.496 e. The van der Waals surface area contributed by atoms with Crippen molar-refractivity contribution in [3.63, 3.8) is 0 Å². The molecule has 2 amide bonds. The van der Waals surface area contributed by atoms with Crippen molar-refractivity contribution in [2.45, 2.75) is 64.0 Å². The Hall–Kier alpha value is -3.06. The number of methoxy groups -OCH3 is 1. The zero-order valence-corrected chi connectivity index (χ0v) is 22.4. The molecule has 4 N–H and O–H groups in total. The van der Waals surface area contributed by atoms with E-state index < -0.39 is 33.7 Å². The van der Waals surface area contributed by atoms with Crippen LogP contribution in [0.25, 0.3) is 0 Å². The summed E-state index contributed by atoms with van der Waals surface area (Å²) in [5, 5.41) is 3.52. The van der Waals surface area contributed by atoms with Crippen LogP contribution in [0.3, 0.4) is 0 Å². The minimum absolute atomic E-state index is 0.0591. The van der Waals surface area contributed by atoms with Crippen LogP contribution in [0.2, 0.25) is 0 Å². The quantitative estimate of drug-likeness (QED) is 0.183. The van der Waals surface area contributed by atoms with Gasteiger partial charge in [-0.15, -0.1) is 0 Å². The number of likely N-dealkylation sites (N-methyl/N-ethyl adjacent to an activating group) is 1. The number of nitrogens with one attached hydrogen (secondary N) is 2. The second-order valence-corrected chi connectivity index (χ2v) is 10.5. The van der Waals surface area contributed by atoms with Crippen molar-refractivity contribution in [1.29, 1.82) is 0 Å². The van der Waals surface area contributed by atoms with Gasteiger partial charge >= 0.3 is 6.09 Å². The molecule has 13 heteroatoms. The molecule has 0 saturated carbocycles. The third-order valence-electron chi connectivity index (χ3n) is 4.73. The Labute approximate surface area is 207 Å². The molecule has 198 valence electrons. The molecule has 0 spiro atoms. The molecular formula is C22H37N5O7S. The topological polar surface area (TPSA) is 162 Å². The van der Waals surface area contributed by atoms with Crippen LogP contribution < -0.4 is 20.5 Å². The lowest BCUT2D eigenvalue weighted by molar-refractivity contribution is -0.171. The average Bonchev–Trinajstić information content (AvgIpc) is 2.74. The molecule has 0 aliphatic rings. The van der Waals surface area contributed by atoms with Crippen molar-refractivity contribution in [3.8, 4) is 5.75 Å². The third kappa shape index (κ3) is 9.61. The molecule has 0 aliphatic heterocycles. The van der Waals surface area contributed by atoms with Gasteiger partial charge in [0.1, 0.15) is 17.4 Å². The van der Waals surface area contributed by atoms with E-state index in [2.05, 4.69) is 15.0 Å². The molecule has 1 rings (SSSR count). The van der Waals surface area contributed by atoms with Crippen molar-refractivity contribution in [2.24, 2.45) is 10.7 Å². The fourth-order valence-corrected chi connectivity index (χ4v) is 4.27. The van der Waals surface area contributed by atoms with Crippen LogP contribution in [0.1, 0.15) is 44.7 Å². The summed E-state index contributed by atoms with van der Waals surface area (Å²) >= 11 is 0. The first-order chi connectivity index (χ1) is 16.1. The van der Waals surface area contributed by atoms with Crippen molar-refractivity contribution in [2.75, 3.05) is 27.8 Å². The smallest absolute Gasteiger partial charge is 0.408 e. The minimum Gasteiger partial charge on any atom is -0.496 e. The number of amides is 2. The van der Waals surface area contributed by atoms with Gasteiger partial charge in [0.25, 0.3) is 15.9 Å². The number of guanidine groups is 1. The Morgan fingerprint density at radius 1 is 1.17 bits per heavy atom. The van der Waals surface area contributed by atoms with Crippen LogP contribution in [-0.2, 0) is 24.4 Å². The average molecular weight is 516 g/mol. The lowest BCUT2D eigenvalue weighted by Gasteiger charge is -2.25. The normalized spacial score (nSPS) is 13.1. The summed E-state index contributed by atoms with van der Waals surface area (Å²) in [6, 6.07) is 2.19. The first-order valence-corrected chi connectivity index (χ1v) is 12.4. The number of nitrogens with zero attached hydrogens (tertiary/aromatic N) is 2. The number of alkyl carbamates (subject to hydrolysis) is 1. The highest BCUT2D eigenvalue weighted by Crippen LogP contribution is 2.25. The van der Waals surface area contributed by atoms with E-state index in [9.17, 15) is 18.0 Å². The van der Waals surface area contributed by atoms with Gasteiger partial charge in [-0.1, -0.05) is 0 Å². The highest BCUT2D eigenvalue weighted by atomic mass is 32.2. The van der Waals surface area contributed by atoms with Crippen LogP contribution in [0.4, 0.5) is 4.79 Å². The molecule has 0 bridgehead atoms. The lowest BCUT2D eigenvalue weighted by Crippen LogP contribution is -2.48. The predicted octanol–water partition coefficient (Wildman–Crippen LogP) is 1.60. The summed E-state index contributed by atoms with van der Waals surface area (Å²) in [7, 11) is 0.284. The van der Waals surface area contributed by atoms with E-state index in [1.54, 1.807) is 40.7 Å². The van der Waals surface area contributed by atoms with Crippen molar-refractivity contribution in [1.82, 2.24) is 15.1 Å². The molecule has 0 unspecified atom stereocenters. The van der Waals surface area contributed by atoms with Gasteiger partial charge in [0.05, 0.1) is 19.1 Å². The number of aliphatic imine (C=N–C) groups is 1. The van der Waals surface area contributed by atoms with E-state index in [0.29, 0.717) is 23.3 Å². The highest BCUT2D eigenvalue weighted by molar-refractivity contribution is 7.90. The molecule has 1 atom stereocenters. The molecule has 35 heavy (non-hydrogen) atoms. The summed E-state index contributed by atoms with van der Waals surface area (Å²) in [5.74, 6) is -0.206. The summed E-state index contributed by atoms with van der Waals surface area (Å²) in [6.07, 6.45) is -0.250. The standard InChI is InChI=1S/C22H37N5O7S/c1-14-13-18(15(2)12-17(14)32-7)35(30,31)26-20(23)24-11-9-10-16(19(28)27(6)33-8)25-21(29)34-22(3,4)5/h12-13,16H,9-11H2,1-8H3,(H,25,29)(H3,23,24,26)/t16-/m0/s1. The number of rotatable bonds is 10. The zero-order chi connectivity index (χ0) is 27.0. The number of hydroxylamine groups is 2. The molecule has 0 radical (unpaired) electrons. The first kappa shape index (κ1) is 30.0. The van der Waals surface area contributed by atoms with E-state index in [1.807, 2.05) is 0 Å². The second-order valence-electron chi connectivity index (χ2n) is 8.82. The lowest BCUT2D eigenvalue weighted by atomic mass is 10.1. The highest BCUT2D eigenvalue weighted by Gasteiger charge is 2.26. The van der Waals surface area contributed by atoms with E-state index >= 15 is 0 Å². The summed E-state index contributed by atoms with van der Waals surface area (Å²) in [6.45, 7) is 8.61. The molecule has 12 nitrogen and oxygen atoms in total. The van der Waals surface area contributed by atoms with Crippen LogP contribution in [0, 0.1) is 13.8 Å². The third-order valence-corrected chi connectivity index (χ3v) is 6.22. The van der Waals surface area contributed by atoms with Crippen molar-refractivity contribution >= 4 is 28.0 Å². The van der Waals surface area contributed by atoms with Gasteiger partial charge in [-0.2, -0.15) is 0 Å². The van der Waals surface area contributed by atoms with Gasteiger partial charge in [-0.05, 0) is 70.7 Å². The maximum absolute atomic E-state index is 12.8. The summed E-state index contributed by atoms with van der Waals surface area (Å²) in [5.41, 5.74) is 6.20. The number of sulfonamides is 1. The minimum atomic E-state index is -3.96. The fraction of sp³-hybridized carbons (Fsp3) is 0.591. The van der Waals surface area contributed by atoms with Gasteiger partial charge in [-0.25, -0.2) is 23.0 Å². The van der Waals surface area contributed by atoms with Gasteiger partial charge in [0, 0.05) is 13.6 Å². The molecule has 0 heterocycles. The van der Waals surface area contributed by atoms with E-state index in [-0.39, 0.29) is 23.8 Å². The van der Waals surface area contributed by atoms with Crippen LogP contribution >= 0.6 is 0 Å². The van der Waals surface area contributed by atoms with Crippen molar-refractivity contribution < 1.29 is 32.3 Å². The van der Waals surface area contributed by atoms with E-state index in [0.717, 1.165) is 5.06 Å². The molecule has 1 aromatic carbocycles. The van der Waals surface area contributed by atoms with Gasteiger partial charge in [-0.3, -0.25) is 14.6 Å². The Morgan fingerprint density at radius 2 is 1.80 bits per heavy atom. The maximum Gasteiger partial charge on any atom is 0.408 e. The van der Waals surface area contributed by atoms with Crippen LogP contribution in [0.15, 0.2) is 22.0 Å². The zero-order valence-electron chi connectivity index (χ0n) is 21.6. The Kier molecular flexibility index (Phi) is 10.8. The predicted molar refractivity (Wildman–Crippen MR) is 131 cm³/mol. The van der Waals surface area contributed by atoms with Crippen LogP contribution in [0.5, 0.6) is 5.75 Å². The molecular weight excluding hydrogens is 478 g/mol. The molecule has 0 aliphatic carbocycles. The number of nitrogens with two attached hydrogens (primary N) is 1. The molecule has 0 fully saturated rings. The number of hydrogen-bond acceptors (Lipinski definition) is 8. The molecule has 1 aromatic rings. The Morgan fingerprint density at radius 3 is 2.34 bits per heavy atom. The van der Waals surface area contributed by atoms with E-state index in [4.69, 9.17) is 20.0 Å². The monoisotopic (exact) mass is 515 g/mol. The second kappa shape index (κ2) is 12.6. The van der Waals surface area contributed by atoms with Crippen molar-refractivity contribution in [3.05, 3.63) is 23.3 Å². The number of ether oxygens (including phenoxy) is 2. The van der Waals surface area contributed by atoms with E-state index in [1.165, 1.54) is 27.3 Å². The molecule has 0 aromatic heterocycles. The fourth-order valence-electron chi connectivity index (χ4n) is 3.01. The number of benzene rings is 1. The summed E-state index contributed by atoms with van der Waals surface area (Å²) < 4.78 is 38.2.